The molecule has 1 amide bonds. The van der Waals surface area contributed by atoms with Crippen LogP contribution >= 0.6 is 0 Å². The summed E-state index contributed by atoms with van der Waals surface area (Å²) >= 11 is 0. The fourth-order valence-corrected chi connectivity index (χ4v) is 1.33. The Hall–Kier alpha value is -2.95. The standard InChI is InChI=1S/C12H11N3O5/c13-4-1-5-14-12(17)8-20-11-3-2-10(15(18)19)6-9(11)7-16/h2-3,6-7H,1,5,8H2,(H,14,17). The predicted octanol–water partition coefficient (Wildman–Crippen LogP) is 0.816. The van der Waals surface area contributed by atoms with Crippen molar-refractivity contribution in [3.8, 4) is 11.8 Å². The summed E-state index contributed by atoms with van der Waals surface area (Å²) in [6.45, 7) is -0.135. The molecule has 0 bridgehead atoms. The number of carbonyl (C=O) groups excluding carboxylic acids is 2. The van der Waals surface area contributed by atoms with E-state index < -0.39 is 10.8 Å². The molecule has 8 heteroatoms. The molecular weight excluding hydrogens is 266 g/mol. The van der Waals surface area contributed by atoms with E-state index in [4.69, 9.17) is 10.00 Å². The first-order valence-corrected chi connectivity index (χ1v) is 5.58. The summed E-state index contributed by atoms with van der Waals surface area (Å²) in [4.78, 5) is 32.1. The van der Waals surface area contributed by atoms with Crippen molar-refractivity contribution < 1.29 is 19.2 Å². The van der Waals surface area contributed by atoms with Crippen molar-refractivity contribution in [2.24, 2.45) is 0 Å². The SMILES string of the molecule is N#CCCNC(=O)COc1ccc([N+](=O)[O-])cc1C=O. The van der Waals surface area contributed by atoms with E-state index in [0.29, 0.717) is 6.29 Å². The lowest BCUT2D eigenvalue weighted by Gasteiger charge is -2.08. The van der Waals surface area contributed by atoms with E-state index in [1.54, 1.807) is 0 Å². The third kappa shape index (κ3) is 4.38. The van der Waals surface area contributed by atoms with Gasteiger partial charge in [0.25, 0.3) is 11.6 Å². The monoisotopic (exact) mass is 277 g/mol. The number of non-ortho nitro benzene ring substituents is 1. The zero-order valence-corrected chi connectivity index (χ0v) is 10.4. The van der Waals surface area contributed by atoms with Crippen molar-refractivity contribution in [2.45, 2.75) is 6.42 Å². The Balaban J connectivity index is 2.64. The van der Waals surface area contributed by atoms with E-state index in [2.05, 4.69) is 5.32 Å². The highest BCUT2D eigenvalue weighted by atomic mass is 16.6. The predicted molar refractivity (Wildman–Crippen MR) is 67.2 cm³/mol. The van der Waals surface area contributed by atoms with Gasteiger partial charge in [-0.2, -0.15) is 5.26 Å². The van der Waals surface area contributed by atoms with Crippen LogP contribution in [-0.2, 0) is 4.79 Å². The molecule has 20 heavy (non-hydrogen) atoms. The second kappa shape index (κ2) is 7.48. The van der Waals surface area contributed by atoms with Crippen molar-refractivity contribution in [2.75, 3.05) is 13.2 Å². The summed E-state index contributed by atoms with van der Waals surface area (Å²) in [6.07, 6.45) is 0.596. The van der Waals surface area contributed by atoms with Gasteiger partial charge in [-0.05, 0) is 6.07 Å². The number of nitrogens with zero attached hydrogens (tertiary/aromatic N) is 2. The van der Waals surface area contributed by atoms with Crippen molar-refractivity contribution in [3.63, 3.8) is 0 Å². The molecule has 0 heterocycles. The van der Waals surface area contributed by atoms with Crippen LogP contribution in [-0.4, -0.2) is 30.3 Å². The van der Waals surface area contributed by atoms with Gasteiger partial charge < -0.3 is 10.1 Å². The molecule has 0 saturated carbocycles. The number of nitrogens with one attached hydrogen (secondary N) is 1. The molecule has 0 fully saturated rings. The smallest absolute Gasteiger partial charge is 0.270 e. The van der Waals surface area contributed by atoms with Gasteiger partial charge in [-0.3, -0.25) is 19.7 Å². The average molecular weight is 277 g/mol. The van der Waals surface area contributed by atoms with Gasteiger partial charge in [0.1, 0.15) is 5.75 Å². The van der Waals surface area contributed by atoms with Gasteiger partial charge in [0.2, 0.25) is 0 Å². The lowest BCUT2D eigenvalue weighted by Crippen LogP contribution is -2.29. The number of nitro groups is 1. The van der Waals surface area contributed by atoms with Crippen LogP contribution in [0.5, 0.6) is 5.75 Å². The van der Waals surface area contributed by atoms with Crippen LogP contribution in [0.15, 0.2) is 18.2 Å². The third-order valence-corrected chi connectivity index (χ3v) is 2.25. The van der Waals surface area contributed by atoms with E-state index in [0.717, 1.165) is 6.07 Å². The maximum Gasteiger partial charge on any atom is 0.270 e. The highest BCUT2D eigenvalue weighted by molar-refractivity contribution is 5.81. The number of aldehydes is 1. The lowest BCUT2D eigenvalue weighted by molar-refractivity contribution is -0.384. The number of carbonyl (C=O) groups is 2. The van der Waals surface area contributed by atoms with Crippen LogP contribution in [0.3, 0.4) is 0 Å². The highest BCUT2D eigenvalue weighted by Gasteiger charge is 2.12. The Morgan fingerprint density at radius 1 is 1.55 bits per heavy atom. The number of ether oxygens (including phenoxy) is 1. The average Bonchev–Trinajstić information content (AvgIpc) is 2.45. The van der Waals surface area contributed by atoms with E-state index in [1.165, 1.54) is 12.1 Å². The fraction of sp³-hybridized carbons (Fsp3) is 0.250. The maximum atomic E-state index is 11.3. The molecule has 0 spiro atoms. The topological polar surface area (TPSA) is 122 Å². The Labute approximate surface area is 114 Å². The van der Waals surface area contributed by atoms with Gasteiger partial charge >= 0.3 is 0 Å². The number of benzene rings is 1. The summed E-state index contributed by atoms with van der Waals surface area (Å²) in [5, 5.41) is 21.3. The Kier molecular flexibility index (Phi) is 5.65. The zero-order chi connectivity index (χ0) is 15.0. The van der Waals surface area contributed by atoms with E-state index in [9.17, 15) is 19.7 Å². The molecular formula is C12H11N3O5. The number of hydrogen-bond acceptors (Lipinski definition) is 6. The summed E-state index contributed by atoms with van der Waals surface area (Å²) in [5.74, 6) is -0.364. The third-order valence-electron chi connectivity index (χ3n) is 2.25. The summed E-state index contributed by atoms with van der Waals surface area (Å²) in [6, 6.07) is 5.36. The molecule has 8 nitrogen and oxygen atoms in total. The van der Waals surface area contributed by atoms with Gasteiger partial charge in [0, 0.05) is 18.7 Å². The van der Waals surface area contributed by atoms with Gasteiger partial charge in [-0.1, -0.05) is 0 Å². The fourth-order valence-electron chi connectivity index (χ4n) is 1.33. The Morgan fingerprint density at radius 3 is 2.90 bits per heavy atom. The normalized spacial score (nSPS) is 9.35. The van der Waals surface area contributed by atoms with Crippen LogP contribution in [0.1, 0.15) is 16.8 Å². The first kappa shape index (κ1) is 15.1. The maximum absolute atomic E-state index is 11.3. The second-order valence-corrected chi connectivity index (χ2v) is 3.64. The number of amides is 1. The van der Waals surface area contributed by atoms with Crippen LogP contribution in [0, 0.1) is 21.4 Å². The van der Waals surface area contributed by atoms with Crippen molar-refractivity contribution in [3.05, 3.63) is 33.9 Å². The molecule has 0 saturated heterocycles. The minimum atomic E-state index is -0.634. The first-order valence-electron chi connectivity index (χ1n) is 5.58. The number of nitriles is 1. The first-order chi connectivity index (χ1) is 9.58. The summed E-state index contributed by atoms with van der Waals surface area (Å²) in [5.41, 5.74) is -0.248. The van der Waals surface area contributed by atoms with Gasteiger partial charge in [0.15, 0.2) is 12.9 Å². The molecule has 0 radical (unpaired) electrons. The largest absolute Gasteiger partial charge is 0.483 e. The zero-order valence-electron chi connectivity index (χ0n) is 10.4. The molecule has 0 aliphatic heterocycles. The molecule has 1 N–H and O–H groups in total. The lowest BCUT2D eigenvalue weighted by atomic mass is 10.2. The highest BCUT2D eigenvalue weighted by Crippen LogP contribution is 2.22. The number of nitro benzene ring substituents is 1. The van der Waals surface area contributed by atoms with Crippen LogP contribution in [0.25, 0.3) is 0 Å². The molecule has 0 aliphatic carbocycles. The molecule has 104 valence electrons. The molecule has 0 unspecified atom stereocenters. The molecule has 0 atom stereocenters. The second-order valence-electron chi connectivity index (χ2n) is 3.64. The van der Waals surface area contributed by atoms with Crippen LogP contribution in [0.2, 0.25) is 0 Å². The van der Waals surface area contributed by atoms with Crippen LogP contribution < -0.4 is 10.1 Å². The molecule has 0 aliphatic rings. The summed E-state index contributed by atoms with van der Waals surface area (Å²) < 4.78 is 5.11. The van der Waals surface area contributed by atoms with Crippen LogP contribution in [0.4, 0.5) is 5.69 Å². The van der Waals surface area contributed by atoms with Crippen molar-refractivity contribution in [1.29, 1.82) is 5.26 Å². The van der Waals surface area contributed by atoms with E-state index >= 15 is 0 Å². The minimum Gasteiger partial charge on any atom is -0.483 e. The Bertz CT molecular complexity index is 565. The van der Waals surface area contributed by atoms with E-state index in [1.807, 2.05) is 6.07 Å². The molecule has 1 aromatic carbocycles. The Morgan fingerprint density at radius 2 is 2.30 bits per heavy atom. The summed E-state index contributed by atoms with van der Waals surface area (Å²) in [7, 11) is 0. The number of hydrogen-bond donors (Lipinski definition) is 1. The van der Waals surface area contributed by atoms with Crippen molar-refractivity contribution >= 4 is 17.9 Å². The van der Waals surface area contributed by atoms with Gasteiger partial charge in [-0.15, -0.1) is 0 Å². The molecule has 1 rings (SSSR count). The van der Waals surface area contributed by atoms with E-state index in [-0.39, 0.29) is 36.6 Å². The molecule has 1 aromatic rings. The molecule has 0 aromatic heterocycles. The quantitative estimate of drug-likeness (QED) is 0.340. The minimum absolute atomic E-state index is 0.0102. The van der Waals surface area contributed by atoms with Crippen molar-refractivity contribution in [1.82, 2.24) is 5.32 Å². The van der Waals surface area contributed by atoms with Gasteiger partial charge in [0.05, 0.1) is 23.0 Å². The van der Waals surface area contributed by atoms with Gasteiger partial charge in [-0.25, -0.2) is 0 Å². The number of rotatable bonds is 7.